The van der Waals surface area contributed by atoms with Crippen molar-refractivity contribution in [2.45, 2.75) is 25.3 Å². The van der Waals surface area contributed by atoms with Gasteiger partial charge < -0.3 is 10.6 Å². The van der Waals surface area contributed by atoms with Gasteiger partial charge in [-0.15, -0.1) is 0 Å². The first-order valence-corrected chi connectivity index (χ1v) is 9.88. The molecule has 25 heavy (non-hydrogen) atoms. The molecule has 0 atom stereocenters. The van der Waals surface area contributed by atoms with E-state index in [0.29, 0.717) is 25.3 Å². The molecule has 0 amide bonds. The highest BCUT2D eigenvalue weighted by atomic mass is 32.2. The van der Waals surface area contributed by atoms with Crippen molar-refractivity contribution in [1.82, 2.24) is 14.2 Å². The van der Waals surface area contributed by atoms with Gasteiger partial charge in [-0.2, -0.15) is 4.31 Å². The summed E-state index contributed by atoms with van der Waals surface area (Å²) >= 11 is 0. The molecule has 1 aromatic heterocycles. The summed E-state index contributed by atoms with van der Waals surface area (Å²) in [4.78, 5) is 6.46. The van der Waals surface area contributed by atoms with Gasteiger partial charge in [0.2, 0.25) is 10.0 Å². The number of pyridine rings is 1. The zero-order chi connectivity index (χ0) is 18.3. The van der Waals surface area contributed by atoms with E-state index >= 15 is 0 Å². The second-order valence-corrected chi connectivity index (χ2v) is 7.73. The molecule has 0 aliphatic carbocycles. The van der Waals surface area contributed by atoms with Gasteiger partial charge in [-0.25, -0.2) is 8.42 Å². The predicted octanol–water partition coefficient (Wildman–Crippen LogP) is 2.20. The summed E-state index contributed by atoms with van der Waals surface area (Å²) in [6, 6.07) is 10.0. The molecule has 0 aliphatic heterocycles. The van der Waals surface area contributed by atoms with Crippen LogP contribution in [0.15, 0.2) is 53.7 Å². The maximum atomic E-state index is 13.1. The average molecular weight is 362 g/mol. The monoisotopic (exact) mass is 362 g/mol. The Balaban J connectivity index is 2.27. The van der Waals surface area contributed by atoms with Crippen LogP contribution in [0.4, 0.5) is 5.69 Å². The molecule has 0 unspecified atom stereocenters. The first kappa shape index (κ1) is 19.4. The number of hydrogen-bond donors (Lipinski definition) is 1. The Bertz CT molecular complexity index is 744. The third kappa shape index (κ3) is 5.26. The van der Waals surface area contributed by atoms with Crippen LogP contribution in [0.5, 0.6) is 0 Å². The summed E-state index contributed by atoms with van der Waals surface area (Å²) in [5.41, 5.74) is 7.14. The summed E-state index contributed by atoms with van der Waals surface area (Å²) < 4.78 is 27.7. The van der Waals surface area contributed by atoms with Gasteiger partial charge in [0.1, 0.15) is 0 Å². The number of nitrogens with zero attached hydrogens (tertiary/aromatic N) is 3. The highest BCUT2D eigenvalue weighted by molar-refractivity contribution is 7.89. The molecule has 0 saturated heterocycles. The molecular formula is C18H26N4O2S. The molecule has 0 radical (unpaired) electrons. The third-order valence-corrected chi connectivity index (χ3v) is 6.05. The molecule has 2 aromatic rings. The number of likely N-dealkylation sites (N-methyl/N-ethyl adjacent to an activating group) is 1. The van der Waals surface area contributed by atoms with Crippen LogP contribution in [0.25, 0.3) is 0 Å². The Kier molecular flexibility index (Phi) is 6.92. The smallest absolute Gasteiger partial charge is 0.243 e. The molecule has 2 N–H and O–H groups in total. The summed E-state index contributed by atoms with van der Waals surface area (Å²) in [6.07, 6.45) is 3.35. The molecule has 0 aliphatic rings. The summed E-state index contributed by atoms with van der Waals surface area (Å²) in [5.74, 6) is 0. The SMILES string of the molecule is CCN(CC)CCN(Cc1ccncc1)S(=O)(=O)c1ccc(N)cc1. The maximum absolute atomic E-state index is 13.1. The molecule has 0 bridgehead atoms. The Morgan fingerprint density at radius 2 is 1.56 bits per heavy atom. The lowest BCUT2D eigenvalue weighted by Gasteiger charge is -2.26. The zero-order valence-corrected chi connectivity index (χ0v) is 15.6. The van der Waals surface area contributed by atoms with Gasteiger partial charge in [0, 0.05) is 37.7 Å². The average Bonchev–Trinajstić information content (AvgIpc) is 2.62. The van der Waals surface area contributed by atoms with Crippen LogP contribution in [-0.2, 0) is 16.6 Å². The van der Waals surface area contributed by atoms with Crippen LogP contribution in [0.2, 0.25) is 0 Å². The van der Waals surface area contributed by atoms with Gasteiger partial charge in [0.15, 0.2) is 0 Å². The Morgan fingerprint density at radius 1 is 0.960 bits per heavy atom. The molecule has 1 aromatic carbocycles. The van der Waals surface area contributed by atoms with E-state index in [1.54, 1.807) is 36.7 Å². The summed E-state index contributed by atoms with van der Waals surface area (Å²) in [5, 5.41) is 0. The molecular weight excluding hydrogens is 336 g/mol. The second kappa shape index (κ2) is 8.94. The van der Waals surface area contributed by atoms with Crippen molar-refractivity contribution in [2.75, 3.05) is 31.9 Å². The number of anilines is 1. The summed E-state index contributed by atoms with van der Waals surface area (Å²) in [6.45, 7) is 7.36. The van der Waals surface area contributed by atoms with Gasteiger partial charge >= 0.3 is 0 Å². The first-order chi connectivity index (χ1) is 12.0. The van der Waals surface area contributed by atoms with Crippen LogP contribution in [0.1, 0.15) is 19.4 Å². The van der Waals surface area contributed by atoms with Crippen LogP contribution in [-0.4, -0.2) is 48.8 Å². The molecule has 0 spiro atoms. The number of sulfonamides is 1. The van der Waals surface area contributed by atoms with Crippen molar-refractivity contribution in [1.29, 1.82) is 0 Å². The standard InChI is InChI=1S/C18H26N4O2S/c1-3-21(4-2)13-14-22(15-16-9-11-20-12-10-16)25(23,24)18-7-5-17(19)6-8-18/h5-12H,3-4,13-15,19H2,1-2H3. The minimum absolute atomic E-state index is 0.260. The van der Waals surface area contributed by atoms with Crippen molar-refractivity contribution in [3.63, 3.8) is 0 Å². The lowest BCUT2D eigenvalue weighted by atomic mass is 10.3. The molecule has 136 valence electrons. The van der Waals surface area contributed by atoms with Crippen molar-refractivity contribution in [3.05, 3.63) is 54.4 Å². The van der Waals surface area contributed by atoms with E-state index in [9.17, 15) is 8.42 Å². The van der Waals surface area contributed by atoms with Gasteiger partial charge in [-0.1, -0.05) is 13.8 Å². The molecule has 6 nitrogen and oxygen atoms in total. The van der Waals surface area contributed by atoms with Crippen LogP contribution >= 0.6 is 0 Å². The highest BCUT2D eigenvalue weighted by Crippen LogP contribution is 2.19. The van der Waals surface area contributed by atoms with Crippen molar-refractivity contribution >= 4 is 15.7 Å². The molecule has 1 heterocycles. The fraction of sp³-hybridized carbons (Fsp3) is 0.389. The second-order valence-electron chi connectivity index (χ2n) is 5.79. The van der Waals surface area contributed by atoms with E-state index in [1.807, 2.05) is 12.1 Å². The minimum Gasteiger partial charge on any atom is -0.399 e. The molecule has 7 heteroatoms. The number of hydrogen-bond acceptors (Lipinski definition) is 5. The normalized spacial score (nSPS) is 12.0. The first-order valence-electron chi connectivity index (χ1n) is 8.44. The van der Waals surface area contributed by atoms with Gasteiger partial charge in [0.25, 0.3) is 0 Å². The fourth-order valence-electron chi connectivity index (χ4n) is 2.56. The van der Waals surface area contributed by atoms with E-state index in [2.05, 4.69) is 23.7 Å². The zero-order valence-electron chi connectivity index (χ0n) is 14.8. The number of nitrogen functional groups attached to an aromatic ring is 1. The fourth-order valence-corrected chi connectivity index (χ4v) is 3.98. The van der Waals surface area contributed by atoms with Crippen LogP contribution in [0, 0.1) is 0 Å². The highest BCUT2D eigenvalue weighted by Gasteiger charge is 2.25. The quantitative estimate of drug-likeness (QED) is 0.692. The Labute approximate surface area is 150 Å². The minimum atomic E-state index is -3.60. The summed E-state index contributed by atoms with van der Waals surface area (Å²) in [7, 11) is -3.60. The van der Waals surface area contributed by atoms with Gasteiger partial charge in [-0.3, -0.25) is 4.98 Å². The Hall–Kier alpha value is -1.96. The molecule has 2 rings (SSSR count). The number of aromatic nitrogens is 1. The number of rotatable bonds is 9. The Morgan fingerprint density at radius 3 is 2.12 bits per heavy atom. The third-order valence-electron chi connectivity index (χ3n) is 4.19. The van der Waals surface area contributed by atoms with Gasteiger partial charge in [0.05, 0.1) is 4.90 Å². The van der Waals surface area contributed by atoms with E-state index in [0.717, 1.165) is 18.7 Å². The topological polar surface area (TPSA) is 79.5 Å². The van der Waals surface area contributed by atoms with Crippen LogP contribution < -0.4 is 5.73 Å². The number of benzene rings is 1. The van der Waals surface area contributed by atoms with Gasteiger partial charge in [-0.05, 0) is 55.1 Å². The number of nitrogens with two attached hydrogens (primary N) is 1. The van der Waals surface area contributed by atoms with Crippen molar-refractivity contribution < 1.29 is 8.42 Å². The molecule has 0 fully saturated rings. The van der Waals surface area contributed by atoms with Crippen LogP contribution in [0.3, 0.4) is 0 Å². The van der Waals surface area contributed by atoms with Crippen molar-refractivity contribution in [3.8, 4) is 0 Å². The van der Waals surface area contributed by atoms with E-state index in [-0.39, 0.29) is 4.90 Å². The largest absolute Gasteiger partial charge is 0.399 e. The van der Waals surface area contributed by atoms with E-state index in [4.69, 9.17) is 5.73 Å². The lowest BCUT2D eigenvalue weighted by Crippen LogP contribution is -2.38. The molecule has 0 saturated carbocycles. The van der Waals surface area contributed by atoms with E-state index < -0.39 is 10.0 Å². The lowest BCUT2D eigenvalue weighted by molar-refractivity contribution is 0.268. The predicted molar refractivity (Wildman–Crippen MR) is 100 cm³/mol. The maximum Gasteiger partial charge on any atom is 0.243 e. The van der Waals surface area contributed by atoms with E-state index in [1.165, 1.54) is 4.31 Å². The van der Waals surface area contributed by atoms with Crippen molar-refractivity contribution in [2.24, 2.45) is 0 Å².